The van der Waals surface area contributed by atoms with Crippen LogP contribution in [0, 0.1) is 12.8 Å². The third-order valence-electron chi connectivity index (χ3n) is 3.06. The molecule has 1 heterocycles. The van der Waals surface area contributed by atoms with Crippen LogP contribution in [0.4, 0.5) is 5.69 Å². The van der Waals surface area contributed by atoms with Crippen LogP contribution in [-0.4, -0.2) is 26.2 Å². The summed E-state index contributed by atoms with van der Waals surface area (Å²) in [6.07, 6.45) is 2.75. The molecule has 0 aliphatic heterocycles. The Morgan fingerprint density at radius 1 is 1.26 bits per heavy atom. The van der Waals surface area contributed by atoms with E-state index in [0.29, 0.717) is 12.0 Å². The molecule has 2 rings (SSSR count). The Hall–Kier alpha value is -1.91. The molecule has 0 aliphatic carbocycles. The number of tetrazole rings is 1. The first-order chi connectivity index (χ1) is 9.06. The van der Waals surface area contributed by atoms with Crippen molar-refractivity contribution < 1.29 is 0 Å². The second-order valence-corrected chi connectivity index (χ2v) is 5.43. The van der Waals surface area contributed by atoms with Crippen LogP contribution in [0.25, 0.3) is 5.69 Å². The molecule has 0 aliphatic rings. The molecule has 0 bridgehead atoms. The maximum absolute atomic E-state index is 3.91. The van der Waals surface area contributed by atoms with E-state index in [1.165, 1.54) is 5.56 Å². The monoisotopic (exact) mass is 259 g/mol. The van der Waals surface area contributed by atoms with Crippen molar-refractivity contribution in [1.82, 2.24) is 20.2 Å². The predicted octanol–water partition coefficient (Wildman–Crippen LogP) is 2.82. The van der Waals surface area contributed by atoms with E-state index in [0.717, 1.165) is 17.8 Å². The Balaban J connectivity index is 2.18. The van der Waals surface area contributed by atoms with Gasteiger partial charge in [-0.3, -0.25) is 0 Å². The van der Waals surface area contributed by atoms with Crippen molar-refractivity contribution in [3.05, 3.63) is 30.1 Å². The van der Waals surface area contributed by atoms with Crippen molar-refractivity contribution in [3.63, 3.8) is 0 Å². The molecule has 1 aromatic heterocycles. The number of rotatable bonds is 5. The smallest absolute Gasteiger partial charge is 0.143 e. The molecule has 102 valence electrons. The third-order valence-corrected chi connectivity index (χ3v) is 3.06. The Bertz CT molecular complexity index is 519. The summed E-state index contributed by atoms with van der Waals surface area (Å²) in [6, 6.07) is 6.64. The highest BCUT2D eigenvalue weighted by molar-refractivity contribution is 5.56. The topological polar surface area (TPSA) is 55.6 Å². The van der Waals surface area contributed by atoms with Crippen molar-refractivity contribution in [2.24, 2.45) is 5.92 Å². The van der Waals surface area contributed by atoms with Gasteiger partial charge in [0, 0.05) is 11.7 Å². The highest BCUT2D eigenvalue weighted by Crippen LogP contribution is 2.21. The van der Waals surface area contributed by atoms with E-state index in [4.69, 9.17) is 0 Å². The molecule has 0 spiro atoms. The fourth-order valence-corrected chi connectivity index (χ4v) is 2.22. The van der Waals surface area contributed by atoms with E-state index in [-0.39, 0.29) is 0 Å². The van der Waals surface area contributed by atoms with Crippen molar-refractivity contribution in [1.29, 1.82) is 0 Å². The van der Waals surface area contributed by atoms with Gasteiger partial charge >= 0.3 is 0 Å². The minimum Gasteiger partial charge on any atom is -0.382 e. The number of aryl methyl sites for hydroxylation is 1. The van der Waals surface area contributed by atoms with Crippen LogP contribution in [0.5, 0.6) is 0 Å². The van der Waals surface area contributed by atoms with E-state index >= 15 is 0 Å². The molecule has 0 fully saturated rings. The van der Waals surface area contributed by atoms with Gasteiger partial charge in [-0.1, -0.05) is 19.9 Å². The van der Waals surface area contributed by atoms with Gasteiger partial charge < -0.3 is 5.32 Å². The maximum atomic E-state index is 3.91. The number of hydrogen-bond acceptors (Lipinski definition) is 4. The van der Waals surface area contributed by atoms with Gasteiger partial charge in [-0.2, -0.15) is 0 Å². The quantitative estimate of drug-likeness (QED) is 0.897. The van der Waals surface area contributed by atoms with E-state index in [2.05, 4.69) is 60.7 Å². The molecule has 1 N–H and O–H groups in total. The molecular weight excluding hydrogens is 238 g/mol. The average molecular weight is 259 g/mol. The van der Waals surface area contributed by atoms with Crippen molar-refractivity contribution in [2.45, 2.75) is 40.2 Å². The summed E-state index contributed by atoms with van der Waals surface area (Å²) < 4.78 is 1.66. The van der Waals surface area contributed by atoms with Gasteiger partial charge in [0.15, 0.2) is 0 Å². The van der Waals surface area contributed by atoms with Crippen LogP contribution >= 0.6 is 0 Å². The normalized spacial score (nSPS) is 12.7. The van der Waals surface area contributed by atoms with Crippen molar-refractivity contribution >= 4 is 5.69 Å². The minimum atomic E-state index is 0.447. The number of aromatic nitrogens is 4. The fourth-order valence-electron chi connectivity index (χ4n) is 2.22. The lowest BCUT2D eigenvalue weighted by atomic mass is 10.0. The first-order valence-corrected chi connectivity index (χ1v) is 6.67. The van der Waals surface area contributed by atoms with Gasteiger partial charge in [0.2, 0.25) is 0 Å². The fraction of sp³-hybridized carbons (Fsp3) is 0.500. The van der Waals surface area contributed by atoms with Gasteiger partial charge in [-0.15, -0.1) is 5.10 Å². The molecule has 0 radical (unpaired) electrons. The lowest BCUT2D eigenvalue weighted by molar-refractivity contribution is 0.539. The molecule has 1 unspecified atom stereocenters. The minimum absolute atomic E-state index is 0.447. The van der Waals surface area contributed by atoms with E-state index in [9.17, 15) is 0 Å². The molecule has 1 aromatic carbocycles. The number of nitrogens with zero attached hydrogens (tertiary/aromatic N) is 4. The standard InChI is InChI=1S/C14H21N5/c1-10(2)7-12(4)16-14-8-13(6-5-11(14)3)19-9-15-17-18-19/h5-6,8-10,12,16H,7H2,1-4H3. The summed E-state index contributed by atoms with van der Waals surface area (Å²) in [7, 11) is 0. The molecule has 2 aromatic rings. The second kappa shape index (κ2) is 5.82. The number of anilines is 1. The van der Waals surface area contributed by atoms with Gasteiger partial charge in [-0.05, 0) is 54.3 Å². The Labute approximate surface area is 114 Å². The largest absolute Gasteiger partial charge is 0.382 e. The van der Waals surface area contributed by atoms with Crippen LogP contribution in [0.15, 0.2) is 24.5 Å². The Morgan fingerprint density at radius 2 is 2.05 bits per heavy atom. The Kier molecular flexibility index (Phi) is 4.14. The van der Waals surface area contributed by atoms with Gasteiger partial charge in [-0.25, -0.2) is 4.68 Å². The van der Waals surface area contributed by atoms with Gasteiger partial charge in [0.1, 0.15) is 6.33 Å². The molecule has 0 amide bonds. The predicted molar refractivity (Wildman–Crippen MR) is 76.4 cm³/mol. The molecule has 5 heteroatoms. The summed E-state index contributed by atoms with van der Waals surface area (Å²) >= 11 is 0. The zero-order chi connectivity index (χ0) is 13.8. The molecule has 0 saturated heterocycles. The molecule has 0 saturated carbocycles. The van der Waals surface area contributed by atoms with Gasteiger partial charge in [0.05, 0.1) is 5.69 Å². The molecule has 5 nitrogen and oxygen atoms in total. The van der Waals surface area contributed by atoms with Gasteiger partial charge in [0.25, 0.3) is 0 Å². The molecule has 1 atom stereocenters. The van der Waals surface area contributed by atoms with E-state index < -0.39 is 0 Å². The van der Waals surface area contributed by atoms with Crippen LogP contribution < -0.4 is 5.32 Å². The van der Waals surface area contributed by atoms with Crippen LogP contribution in [-0.2, 0) is 0 Å². The Morgan fingerprint density at radius 3 is 2.68 bits per heavy atom. The lowest BCUT2D eigenvalue weighted by Gasteiger charge is -2.19. The zero-order valence-corrected chi connectivity index (χ0v) is 12.0. The first-order valence-electron chi connectivity index (χ1n) is 6.67. The molecular formula is C14H21N5. The number of hydrogen-bond donors (Lipinski definition) is 1. The third kappa shape index (κ3) is 3.53. The number of benzene rings is 1. The van der Waals surface area contributed by atoms with Crippen molar-refractivity contribution in [2.75, 3.05) is 5.32 Å². The summed E-state index contributed by atoms with van der Waals surface area (Å²) in [5.74, 6) is 0.686. The van der Waals surface area contributed by atoms with Crippen LogP contribution in [0.1, 0.15) is 32.8 Å². The highest BCUT2D eigenvalue weighted by Gasteiger charge is 2.08. The second-order valence-electron chi connectivity index (χ2n) is 5.43. The van der Waals surface area contributed by atoms with E-state index in [1.54, 1.807) is 11.0 Å². The van der Waals surface area contributed by atoms with Crippen molar-refractivity contribution in [3.8, 4) is 5.69 Å². The lowest BCUT2D eigenvalue weighted by Crippen LogP contribution is -2.18. The van der Waals surface area contributed by atoms with E-state index in [1.807, 2.05) is 6.07 Å². The highest BCUT2D eigenvalue weighted by atomic mass is 15.5. The van der Waals surface area contributed by atoms with Crippen LogP contribution in [0.2, 0.25) is 0 Å². The summed E-state index contributed by atoms with van der Waals surface area (Å²) in [5.41, 5.74) is 3.34. The molecule has 19 heavy (non-hydrogen) atoms. The zero-order valence-electron chi connectivity index (χ0n) is 12.0. The number of nitrogens with one attached hydrogen (secondary N) is 1. The maximum Gasteiger partial charge on any atom is 0.143 e. The summed E-state index contributed by atoms with van der Waals surface area (Å²) in [6.45, 7) is 8.79. The SMILES string of the molecule is Cc1ccc(-n2cnnn2)cc1NC(C)CC(C)C. The summed E-state index contributed by atoms with van der Waals surface area (Å²) in [4.78, 5) is 0. The summed E-state index contributed by atoms with van der Waals surface area (Å²) in [5, 5.41) is 14.8. The first kappa shape index (κ1) is 13.5. The average Bonchev–Trinajstić information content (AvgIpc) is 2.84. The van der Waals surface area contributed by atoms with Crippen LogP contribution in [0.3, 0.4) is 0 Å².